The molecule has 0 unspecified atom stereocenters. The van der Waals surface area contributed by atoms with E-state index >= 15 is 0 Å². The van der Waals surface area contributed by atoms with Crippen molar-refractivity contribution in [2.45, 2.75) is 32.5 Å². The Labute approximate surface area is 192 Å². The molecule has 0 spiro atoms. The minimum absolute atomic E-state index is 0.166. The zero-order chi connectivity index (χ0) is 22.2. The molecule has 0 saturated carbocycles. The van der Waals surface area contributed by atoms with Gasteiger partial charge in [0.25, 0.3) is 0 Å². The average Bonchev–Trinajstić information content (AvgIpc) is 3.50. The number of nitrogens with one attached hydrogen (secondary N) is 1. The lowest BCUT2D eigenvalue weighted by Crippen LogP contribution is -2.29. The second-order valence-electron chi connectivity index (χ2n) is 7.98. The first kappa shape index (κ1) is 20.3. The van der Waals surface area contributed by atoms with Crippen LogP contribution >= 0.6 is 12.2 Å². The highest BCUT2D eigenvalue weighted by Gasteiger charge is 2.43. The summed E-state index contributed by atoms with van der Waals surface area (Å²) in [7, 11) is 0. The number of hydrogen-bond donors (Lipinski definition) is 2. The van der Waals surface area contributed by atoms with Crippen molar-refractivity contribution in [2.75, 3.05) is 4.90 Å². The number of benzene rings is 1. The molecule has 0 aliphatic carbocycles. The van der Waals surface area contributed by atoms with Gasteiger partial charge in [-0.15, -0.1) is 0 Å². The van der Waals surface area contributed by atoms with Gasteiger partial charge in [-0.25, -0.2) is 0 Å². The van der Waals surface area contributed by atoms with Crippen molar-refractivity contribution in [2.24, 2.45) is 0 Å². The lowest BCUT2D eigenvalue weighted by atomic mass is 9.96. The molecule has 6 nitrogen and oxygen atoms in total. The van der Waals surface area contributed by atoms with Crippen molar-refractivity contribution >= 4 is 23.0 Å². The highest BCUT2D eigenvalue weighted by atomic mass is 32.1. The number of nitrogens with zero attached hydrogens (tertiary/aromatic N) is 3. The molecule has 4 heterocycles. The molecule has 0 bridgehead atoms. The van der Waals surface area contributed by atoms with Crippen molar-refractivity contribution in [1.82, 2.24) is 14.9 Å². The molecule has 0 amide bonds. The molecule has 2 atom stereocenters. The van der Waals surface area contributed by atoms with Crippen LogP contribution in [0.3, 0.4) is 0 Å². The first-order valence-corrected chi connectivity index (χ1v) is 10.9. The first-order chi connectivity index (χ1) is 15.5. The summed E-state index contributed by atoms with van der Waals surface area (Å²) in [5, 5.41) is 14.7. The largest absolute Gasteiger partial charge is 0.506 e. The van der Waals surface area contributed by atoms with E-state index in [4.69, 9.17) is 16.6 Å². The third kappa shape index (κ3) is 3.44. The Morgan fingerprint density at radius 3 is 2.62 bits per heavy atom. The van der Waals surface area contributed by atoms with Gasteiger partial charge in [0.2, 0.25) is 0 Å². The number of anilines is 1. The number of aryl methyl sites for hydroxylation is 1. The maximum atomic E-state index is 10.6. The fourth-order valence-electron chi connectivity index (χ4n) is 4.53. The number of hydrogen-bond acceptors (Lipinski definition) is 4. The van der Waals surface area contributed by atoms with Crippen LogP contribution in [-0.2, 0) is 6.54 Å². The van der Waals surface area contributed by atoms with Crippen LogP contribution in [0.15, 0.2) is 77.5 Å². The molecule has 1 fully saturated rings. The Morgan fingerprint density at radius 1 is 1.09 bits per heavy atom. The van der Waals surface area contributed by atoms with Gasteiger partial charge >= 0.3 is 0 Å². The molecule has 1 aliphatic rings. The molecule has 1 aliphatic heterocycles. The van der Waals surface area contributed by atoms with E-state index in [1.807, 2.05) is 53.4 Å². The first-order valence-electron chi connectivity index (χ1n) is 10.5. The van der Waals surface area contributed by atoms with Crippen LogP contribution in [0.4, 0.5) is 5.69 Å². The minimum atomic E-state index is -0.178. The predicted molar refractivity (Wildman–Crippen MR) is 128 cm³/mol. The highest BCUT2D eigenvalue weighted by Crippen LogP contribution is 2.45. The summed E-state index contributed by atoms with van der Waals surface area (Å²) in [6, 6.07) is 18.9. The van der Waals surface area contributed by atoms with Gasteiger partial charge in [-0.05, 0) is 74.1 Å². The number of aromatic nitrogens is 2. The predicted octanol–water partition coefficient (Wildman–Crippen LogP) is 5.02. The smallest absolute Gasteiger partial charge is 0.174 e. The summed E-state index contributed by atoms with van der Waals surface area (Å²) in [6.45, 7) is 4.87. The molecule has 2 N–H and O–H groups in total. The number of phenols is 1. The third-order valence-electron chi connectivity index (χ3n) is 6.06. The van der Waals surface area contributed by atoms with Crippen molar-refractivity contribution in [3.8, 4) is 5.75 Å². The maximum Gasteiger partial charge on any atom is 0.174 e. The van der Waals surface area contributed by atoms with Gasteiger partial charge in [-0.1, -0.05) is 18.2 Å². The summed E-state index contributed by atoms with van der Waals surface area (Å²) in [6.07, 6.45) is 3.49. The maximum absolute atomic E-state index is 10.6. The summed E-state index contributed by atoms with van der Waals surface area (Å²) in [4.78, 5) is 6.61. The number of phenolic OH excluding ortho intramolecular Hbond substituents is 1. The van der Waals surface area contributed by atoms with Crippen LogP contribution in [0.2, 0.25) is 0 Å². The molecular formula is C25H24N4O2S. The zero-order valence-electron chi connectivity index (χ0n) is 17.9. The second-order valence-corrected chi connectivity index (χ2v) is 8.36. The van der Waals surface area contributed by atoms with Gasteiger partial charge in [-0.2, -0.15) is 0 Å². The standard InChI is InChI=1S/C25H24N4O2S/c1-16-14-19(17(2)28(16)15-18-8-7-13-31-18)24-23(20-9-5-6-12-26-20)27-25(32)29(24)21-10-3-4-11-22(21)30/h3-14,23-24,30H,15H2,1-2H3,(H,27,32)/t23-,24+/m0/s1. The van der Waals surface area contributed by atoms with E-state index in [1.165, 1.54) is 0 Å². The van der Waals surface area contributed by atoms with Crippen LogP contribution in [-0.4, -0.2) is 19.8 Å². The SMILES string of the molecule is Cc1cc([C@@H]2[C@H](c3ccccn3)NC(=S)N2c2ccccc2O)c(C)n1Cc1ccco1. The molecule has 3 aromatic heterocycles. The molecular weight excluding hydrogens is 420 g/mol. The Balaban J connectivity index is 1.65. The minimum Gasteiger partial charge on any atom is -0.506 e. The van der Waals surface area contributed by atoms with Gasteiger partial charge in [0.05, 0.1) is 36.3 Å². The lowest BCUT2D eigenvalue weighted by Gasteiger charge is -2.28. The van der Waals surface area contributed by atoms with Crippen molar-refractivity contribution < 1.29 is 9.52 Å². The summed E-state index contributed by atoms with van der Waals surface area (Å²) in [5.41, 5.74) is 4.94. The number of pyridine rings is 1. The Hall–Kier alpha value is -3.58. The van der Waals surface area contributed by atoms with Crippen molar-refractivity contribution in [3.05, 3.63) is 102 Å². The molecule has 1 saturated heterocycles. The zero-order valence-corrected chi connectivity index (χ0v) is 18.7. The van der Waals surface area contributed by atoms with Gasteiger partial charge in [-0.3, -0.25) is 4.98 Å². The molecule has 5 rings (SSSR count). The van der Waals surface area contributed by atoms with Crippen LogP contribution < -0.4 is 10.2 Å². The highest BCUT2D eigenvalue weighted by molar-refractivity contribution is 7.80. The van der Waals surface area contributed by atoms with Gasteiger partial charge in [0, 0.05) is 17.6 Å². The fraction of sp³-hybridized carbons (Fsp3) is 0.200. The van der Waals surface area contributed by atoms with Gasteiger partial charge in [0.1, 0.15) is 11.5 Å². The molecule has 0 radical (unpaired) electrons. The molecule has 162 valence electrons. The second kappa shape index (κ2) is 8.16. The van der Waals surface area contributed by atoms with E-state index in [0.717, 1.165) is 28.4 Å². The Kier molecular flexibility index (Phi) is 5.19. The summed E-state index contributed by atoms with van der Waals surface area (Å²) < 4.78 is 7.83. The molecule has 7 heteroatoms. The Bertz CT molecular complexity index is 1250. The lowest BCUT2D eigenvalue weighted by molar-refractivity contribution is 0.472. The number of rotatable bonds is 5. The third-order valence-corrected chi connectivity index (χ3v) is 6.38. The fourth-order valence-corrected chi connectivity index (χ4v) is 4.87. The van der Waals surface area contributed by atoms with E-state index in [9.17, 15) is 5.11 Å². The Morgan fingerprint density at radius 2 is 1.91 bits per heavy atom. The van der Waals surface area contributed by atoms with E-state index in [-0.39, 0.29) is 17.8 Å². The average molecular weight is 445 g/mol. The number of furan rings is 1. The normalized spacial score (nSPS) is 18.2. The van der Waals surface area contributed by atoms with Crippen LogP contribution in [0, 0.1) is 13.8 Å². The quantitative estimate of drug-likeness (QED) is 0.421. The molecule has 4 aromatic rings. The van der Waals surface area contributed by atoms with Crippen molar-refractivity contribution in [3.63, 3.8) is 0 Å². The topological polar surface area (TPSA) is 66.5 Å². The van der Waals surface area contributed by atoms with Crippen LogP contribution in [0.25, 0.3) is 0 Å². The molecule has 32 heavy (non-hydrogen) atoms. The number of thiocarbonyl (C=S) groups is 1. The summed E-state index contributed by atoms with van der Waals surface area (Å²) >= 11 is 5.77. The summed E-state index contributed by atoms with van der Waals surface area (Å²) in [5.74, 6) is 1.09. The number of aromatic hydroxyl groups is 1. The van der Waals surface area contributed by atoms with Crippen LogP contribution in [0.1, 0.15) is 40.5 Å². The monoisotopic (exact) mass is 444 g/mol. The van der Waals surface area contributed by atoms with E-state index in [1.54, 1.807) is 18.5 Å². The van der Waals surface area contributed by atoms with Gasteiger partial charge < -0.3 is 24.3 Å². The van der Waals surface area contributed by atoms with Gasteiger partial charge in [0.15, 0.2) is 5.11 Å². The van der Waals surface area contributed by atoms with E-state index in [0.29, 0.717) is 17.3 Å². The van der Waals surface area contributed by atoms with Crippen molar-refractivity contribution in [1.29, 1.82) is 0 Å². The van der Waals surface area contributed by atoms with E-state index < -0.39 is 0 Å². The van der Waals surface area contributed by atoms with E-state index in [2.05, 4.69) is 34.8 Å². The number of para-hydroxylation sites is 2. The molecule has 1 aromatic carbocycles. The van der Waals surface area contributed by atoms with Crippen LogP contribution in [0.5, 0.6) is 5.75 Å².